The number of halogens is 1. The highest BCUT2D eigenvalue weighted by Gasteiger charge is 2.30. The summed E-state index contributed by atoms with van der Waals surface area (Å²) in [6, 6.07) is 8.62. The topological polar surface area (TPSA) is 49.3 Å². The molecule has 0 unspecified atom stereocenters. The molecule has 0 saturated carbocycles. The molecule has 2 fully saturated rings. The molecule has 7 heteroatoms. The first kappa shape index (κ1) is 20.4. The molecule has 0 bridgehead atoms. The number of carbonyl (C=O) groups is 1. The molecule has 2 aromatic heterocycles. The zero-order chi connectivity index (χ0) is 21.2. The van der Waals surface area contributed by atoms with Crippen molar-refractivity contribution in [3.8, 4) is 10.4 Å². The Morgan fingerprint density at radius 2 is 1.68 bits per heavy atom. The molecule has 162 valence electrons. The van der Waals surface area contributed by atoms with Gasteiger partial charge in [0.25, 0.3) is 0 Å². The van der Waals surface area contributed by atoms with E-state index in [1.54, 1.807) is 29.8 Å². The van der Waals surface area contributed by atoms with E-state index in [0.717, 1.165) is 78.3 Å². The van der Waals surface area contributed by atoms with Gasteiger partial charge in [-0.15, -0.1) is 11.3 Å². The van der Waals surface area contributed by atoms with E-state index >= 15 is 0 Å². The molecular weight excluding hydrogens is 411 g/mol. The summed E-state index contributed by atoms with van der Waals surface area (Å²) < 4.78 is 14.3. The highest BCUT2D eigenvalue weighted by molar-refractivity contribution is 7.22. The van der Waals surface area contributed by atoms with Gasteiger partial charge in [-0.3, -0.25) is 4.79 Å². The van der Waals surface area contributed by atoms with Gasteiger partial charge in [-0.2, -0.15) is 0 Å². The first-order valence-electron chi connectivity index (χ1n) is 11.2. The number of carbonyl (C=O) groups excluding carboxylic acids is 1. The van der Waals surface area contributed by atoms with Gasteiger partial charge in [0.1, 0.15) is 18.0 Å². The fourth-order valence-corrected chi connectivity index (χ4v) is 5.84. The highest BCUT2D eigenvalue weighted by Crippen LogP contribution is 2.38. The lowest BCUT2D eigenvalue weighted by Gasteiger charge is -2.34. The van der Waals surface area contributed by atoms with Crippen molar-refractivity contribution in [2.75, 3.05) is 31.1 Å². The first-order chi connectivity index (χ1) is 15.2. The van der Waals surface area contributed by atoms with Crippen molar-refractivity contribution in [2.45, 2.75) is 38.5 Å². The number of hydrogen-bond donors (Lipinski definition) is 0. The summed E-state index contributed by atoms with van der Waals surface area (Å²) in [6.07, 6.45) is 8.12. The molecule has 2 aliphatic rings. The number of benzene rings is 1. The minimum atomic E-state index is -0.233. The number of amides is 1. The Hall–Kier alpha value is -2.54. The zero-order valence-corrected chi connectivity index (χ0v) is 18.4. The van der Waals surface area contributed by atoms with Crippen LogP contribution in [0.3, 0.4) is 0 Å². The Morgan fingerprint density at radius 1 is 0.968 bits per heavy atom. The SMILES string of the molecule is O=C(C1CCN(c2ncnc3cc(-c4ccc(F)cc4)sc23)CC1)N1CCCCCC1. The molecule has 0 atom stereocenters. The van der Waals surface area contributed by atoms with Crippen LogP contribution in [0.4, 0.5) is 10.2 Å². The highest BCUT2D eigenvalue weighted by atomic mass is 32.1. The predicted octanol–water partition coefficient (Wildman–Crippen LogP) is 5.12. The lowest BCUT2D eigenvalue weighted by molar-refractivity contribution is -0.136. The number of thiophene rings is 1. The molecule has 2 aliphatic heterocycles. The Morgan fingerprint density at radius 3 is 2.39 bits per heavy atom. The average Bonchev–Trinajstić information content (AvgIpc) is 3.06. The minimum absolute atomic E-state index is 0.129. The van der Waals surface area contributed by atoms with Crippen molar-refractivity contribution >= 4 is 33.3 Å². The van der Waals surface area contributed by atoms with Crippen LogP contribution in [0.15, 0.2) is 36.7 Å². The molecule has 0 N–H and O–H groups in total. The number of fused-ring (bicyclic) bond motifs is 1. The normalized spacial score (nSPS) is 18.4. The fraction of sp³-hybridized carbons (Fsp3) is 0.458. The fourth-order valence-electron chi connectivity index (χ4n) is 4.71. The molecule has 0 aliphatic carbocycles. The maximum absolute atomic E-state index is 13.3. The molecule has 0 spiro atoms. The number of hydrogen-bond acceptors (Lipinski definition) is 5. The number of anilines is 1. The molecule has 2 saturated heterocycles. The molecule has 4 heterocycles. The summed E-state index contributed by atoms with van der Waals surface area (Å²) in [7, 11) is 0. The second kappa shape index (κ2) is 8.91. The molecule has 1 aromatic carbocycles. The number of likely N-dealkylation sites (tertiary alicyclic amines) is 1. The van der Waals surface area contributed by atoms with E-state index in [0.29, 0.717) is 5.91 Å². The lowest BCUT2D eigenvalue weighted by Crippen LogP contribution is -2.43. The van der Waals surface area contributed by atoms with Crippen LogP contribution >= 0.6 is 11.3 Å². The third kappa shape index (κ3) is 4.28. The van der Waals surface area contributed by atoms with E-state index < -0.39 is 0 Å². The van der Waals surface area contributed by atoms with Gasteiger partial charge >= 0.3 is 0 Å². The van der Waals surface area contributed by atoms with Crippen LogP contribution in [-0.4, -0.2) is 47.0 Å². The average molecular weight is 439 g/mol. The van der Waals surface area contributed by atoms with E-state index in [-0.39, 0.29) is 11.7 Å². The number of nitrogens with zero attached hydrogens (tertiary/aromatic N) is 4. The molecule has 0 radical (unpaired) electrons. The van der Waals surface area contributed by atoms with E-state index in [1.807, 2.05) is 6.07 Å². The van der Waals surface area contributed by atoms with Gasteiger partial charge in [-0.05, 0) is 49.4 Å². The van der Waals surface area contributed by atoms with Gasteiger partial charge in [-0.25, -0.2) is 14.4 Å². The Bertz CT molecular complexity index is 1050. The monoisotopic (exact) mass is 438 g/mol. The third-order valence-electron chi connectivity index (χ3n) is 6.48. The van der Waals surface area contributed by atoms with Crippen molar-refractivity contribution in [2.24, 2.45) is 5.92 Å². The van der Waals surface area contributed by atoms with Crippen LogP contribution in [0.2, 0.25) is 0 Å². The summed E-state index contributed by atoms with van der Waals surface area (Å²) in [6.45, 7) is 3.51. The van der Waals surface area contributed by atoms with E-state index in [2.05, 4.69) is 19.8 Å². The molecule has 5 rings (SSSR count). The second-order valence-electron chi connectivity index (χ2n) is 8.53. The summed E-state index contributed by atoms with van der Waals surface area (Å²) in [5.74, 6) is 1.20. The van der Waals surface area contributed by atoms with Crippen LogP contribution in [0.5, 0.6) is 0 Å². The minimum Gasteiger partial charge on any atom is -0.355 e. The lowest BCUT2D eigenvalue weighted by atomic mass is 9.95. The Labute approximate surface area is 185 Å². The zero-order valence-electron chi connectivity index (χ0n) is 17.6. The predicted molar refractivity (Wildman–Crippen MR) is 123 cm³/mol. The maximum Gasteiger partial charge on any atom is 0.225 e. The standard InChI is InChI=1S/C24H27FN4OS/c25-19-7-5-17(6-8-19)21-15-20-22(31-21)23(27-16-26-20)28-13-9-18(10-14-28)24(30)29-11-3-1-2-4-12-29/h5-8,15-16,18H,1-4,9-14H2. The van der Waals surface area contributed by atoms with E-state index in [9.17, 15) is 9.18 Å². The van der Waals surface area contributed by atoms with Crippen LogP contribution in [0, 0.1) is 11.7 Å². The molecule has 3 aromatic rings. The number of aromatic nitrogens is 2. The van der Waals surface area contributed by atoms with Crippen LogP contribution < -0.4 is 4.90 Å². The third-order valence-corrected chi connectivity index (χ3v) is 7.65. The second-order valence-corrected chi connectivity index (χ2v) is 9.58. The maximum atomic E-state index is 13.3. The van der Waals surface area contributed by atoms with Crippen molar-refractivity contribution in [3.05, 3.63) is 42.5 Å². The van der Waals surface area contributed by atoms with Gasteiger partial charge in [0, 0.05) is 37.0 Å². The van der Waals surface area contributed by atoms with Gasteiger partial charge < -0.3 is 9.80 Å². The van der Waals surface area contributed by atoms with Crippen molar-refractivity contribution in [1.29, 1.82) is 0 Å². The Kier molecular flexibility index (Phi) is 5.85. The van der Waals surface area contributed by atoms with Crippen molar-refractivity contribution in [3.63, 3.8) is 0 Å². The van der Waals surface area contributed by atoms with Crippen LogP contribution in [-0.2, 0) is 4.79 Å². The van der Waals surface area contributed by atoms with Gasteiger partial charge in [0.2, 0.25) is 5.91 Å². The molecule has 31 heavy (non-hydrogen) atoms. The molecular formula is C24H27FN4OS. The summed E-state index contributed by atoms with van der Waals surface area (Å²) >= 11 is 1.64. The van der Waals surface area contributed by atoms with Gasteiger partial charge in [-0.1, -0.05) is 25.0 Å². The van der Waals surface area contributed by atoms with Crippen LogP contribution in [0.1, 0.15) is 38.5 Å². The molecule has 5 nitrogen and oxygen atoms in total. The number of rotatable bonds is 3. The van der Waals surface area contributed by atoms with E-state index in [1.165, 1.54) is 25.0 Å². The quantitative estimate of drug-likeness (QED) is 0.570. The Balaban J connectivity index is 1.31. The largest absolute Gasteiger partial charge is 0.355 e. The first-order valence-corrected chi connectivity index (χ1v) is 12.0. The number of piperidine rings is 1. The van der Waals surface area contributed by atoms with Gasteiger partial charge in [0.05, 0.1) is 10.2 Å². The summed E-state index contributed by atoms with van der Waals surface area (Å²) in [5.41, 5.74) is 1.90. The summed E-state index contributed by atoms with van der Waals surface area (Å²) in [4.78, 5) is 27.5. The van der Waals surface area contributed by atoms with Gasteiger partial charge in [0.15, 0.2) is 0 Å². The molecule has 1 amide bonds. The smallest absolute Gasteiger partial charge is 0.225 e. The van der Waals surface area contributed by atoms with Crippen LogP contribution in [0.25, 0.3) is 20.7 Å². The van der Waals surface area contributed by atoms with E-state index in [4.69, 9.17) is 0 Å². The van der Waals surface area contributed by atoms with Crippen molar-refractivity contribution in [1.82, 2.24) is 14.9 Å². The summed E-state index contributed by atoms with van der Waals surface area (Å²) in [5, 5.41) is 0. The van der Waals surface area contributed by atoms with Crippen molar-refractivity contribution < 1.29 is 9.18 Å².